The second-order valence-electron chi connectivity index (χ2n) is 6.49. The molecule has 0 aliphatic carbocycles. The maximum atomic E-state index is 12.0. The summed E-state index contributed by atoms with van der Waals surface area (Å²) in [4.78, 5) is 27.3. The zero-order chi connectivity index (χ0) is 14.9. The average molecular weight is 278 g/mol. The molecule has 2 aliphatic rings. The van der Waals surface area contributed by atoms with Crippen LogP contribution in [0.2, 0.25) is 0 Å². The number of hydrogen-bond acceptors (Lipinski definition) is 3. The van der Waals surface area contributed by atoms with E-state index in [0.717, 1.165) is 0 Å². The van der Waals surface area contributed by atoms with Gasteiger partial charge in [0, 0.05) is 38.0 Å². The molecule has 0 unspecified atom stereocenters. The third kappa shape index (κ3) is 3.24. The summed E-state index contributed by atoms with van der Waals surface area (Å²) in [5, 5.41) is 0. The molecule has 2 rings (SSSR count). The van der Waals surface area contributed by atoms with Crippen LogP contribution in [0.25, 0.3) is 0 Å². The van der Waals surface area contributed by atoms with E-state index in [2.05, 4.69) is 11.8 Å². The van der Waals surface area contributed by atoms with Gasteiger partial charge in [0.15, 0.2) is 0 Å². The summed E-state index contributed by atoms with van der Waals surface area (Å²) in [6, 6.07) is 0. The van der Waals surface area contributed by atoms with Gasteiger partial charge in [0.25, 0.3) is 5.91 Å². The largest absolute Gasteiger partial charge is 0.444 e. The lowest BCUT2D eigenvalue weighted by Crippen LogP contribution is -2.38. The second kappa shape index (κ2) is 5.35. The summed E-state index contributed by atoms with van der Waals surface area (Å²) < 4.78 is 5.38. The molecule has 5 nitrogen and oxygen atoms in total. The van der Waals surface area contributed by atoms with Crippen molar-refractivity contribution in [2.45, 2.75) is 33.3 Å². The first kappa shape index (κ1) is 14.7. The van der Waals surface area contributed by atoms with Gasteiger partial charge in [-0.1, -0.05) is 5.92 Å². The molecule has 0 N–H and O–H groups in total. The van der Waals surface area contributed by atoms with Crippen LogP contribution in [0.3, 0.4) is 0 Å². The fourth-order valence-electron chi connectivity index (χ4n) is 2.82. The zero-order valence-corrected chi connectivity index (χ0v) is 12.6. The maximum Gasteiger partial charge on any atom is 0.410 e. The topological polar surface area (TPSA) is 49.9 Å². The quantitative estimate of drug-likeness (QED) is 0.628. The summed E-state index contributed by atoms with van der Waals surface area (Å²) >= 11 is 0. The first-order chi connectivity index (χ1) is 9.30. The third-order valence-electron chi connectivity index (χ3n) is 3.66. The van der Waals surface area contributed by atoms with Gasteiger partial charge in [0.2, 0.25) is 0 Å². The minimum atomic E-state index is -0.465. The Balaban J connectivity index is 1.89. The number of ether oxygens (including phenoxy) is 1. The van der Waals surface area contributed by atoms with Crippen molar-refractivity contribution in [3.05, 3.63) is 0 Å². The van der Waals surface area contributed by atoms with Gasteiger partial charge in [-0.2, -0.15) is 0 Å². The van der Waals surface area contributed by atoms with Gasteiger partial charge in [0.05, 0.1) is 0 Å². The minimum Gasteiger partial charge on any atom is -0.444 e. The van der Waals surface area contributed by atoms with E-state index >= 15 is 0 Å². The summed E-state index contributed by atoms with van der Waals surface area (Å²) in [6.07, 6.45) is -0.252. The Morgan fingerprint density at radius 1 is 1.05 bits per heavy atom. The molecular weight excluding hydrogens is 256 g/mol. The van der Waals surface area contributed by atoms with E-state index in [4.69, 9.17) is 4.74 Å². The van der Waals surface area contributed by atoms with Gasteiger partial charge in [-0.15, -0.1) is 0 Å². The highest BCUT2D eigenvalue weighted by molar-refractivity contribution is 5.93. The van der Waals surface area contributed by atoms with E-state index in [1.165, 1.54) is 0 Å². The molecule has 5 heteroatoms. The van der Waals surface area contributed by atoms with Crippen molar-refractivity contribution in [2.24, 2.45) is 11.8 Å². The SMILES string of the molecule is CC#CC(=O)N1C[C@@H]2CN(C(=O)OC(C)(C)C)C[C@@H]2C1. The Bertz CT molecular complexity index is 456. The van der Waals surface area contributed by atoms with Gasteiger partial charge in [-0.25, -0.2) is 4.79 Å². The fraction of sp³-hybridized carbons (Fsp3) is 0.733. The number of fused-ring (bicyclic) bond motifs is 1. The highest BCUT2D eigenvalue weighted by atomic mass is 16.6. The Kier molecular flexibility index (Phi) is 3.94. The molecule has 0 spiro atoms. The number of carbonyl (C=O) groups is 2. The average Bonchev–Trinajstić information content (AvgIpc) is 2.83. The molecule has 2 atom stereocenters. The Hall–Kier alpha value is -1.70. The molecule has 0 aromatic heterocycles. The standard InChI is InChI=1S/C15H22N2O3/c1-5-6-13(18)16-7-11-9-17(10-12(11)8-16)14(19)20-15(2,3)4/h11-12H,7-10H2,1-4H3/t11-,12+. The van der Waals surface area contributed by atoms with Gasteiger partial charge in [-0.05, 0) is 33.6 Å². The van der Waals surface area contributed by atoms with Crippen LogP contribution in [0.1, 0.15) is 27.7 Å². The first-order valence-corrected chi connectivity index (χ1v) is 6.99. The van der Waals surface area contributed by atoms with Crippen LogP contribution < -0.4 is 0 Å². The summed E-state index contributed by atoms with van der Waals surface area (Å²) in [5.41, 5.74) is -0.465. The van der Waals surface area contributed by atoms with Crippen molar-refractivity contribution in [3.63, 3.8) is 0 Å². The van der Waals surface area contributed by atoms with E-state index in [9.17, 15) is 9.59 Å². The molecule has 110 valence electrons. The highest BCUT2D eigenvalue weighted by Gasteiger charge is 2.43. The van der Waals surface area contributed by atoms with Crippen molar-refractivity contribution in [1.29, 1.82) is 0 Å². The van der Waals surface area contributed by atoms with E-state index in [1.54, 1.807) is 16.7 Å². The van der Waals surface area contributed by atoms with Crippen LogP contribution in [0.5, 0.6) is 0 Å². The van der Waals surface area contributed by atoms with Crippen molar-refractivity contribution >= 4 is 12.0 Å². The third-order valence-corrected chi connectivity index (χ3v) is 3.66. The van der Waals surface area contributed by atoms with Crippen LogP contribution in [0, 0.1) is 23.7 Å². The number of nitrogens with zero attached hydrogens (tertiary/aromatic N) is 2. The smallest absolute Gasteiger partial charge is 0.410 e. The molecule has 0 aromatic carbocycles. The van der Waals surface area contributed by atoms with Crippen LogP contribution >= 0.6 is 0 Å². The lowest BCUT2D eigenvalue weighted by molar-refractivity contribution is -0.124. The predicted octanol–water partition coefficient (Wildman–Crippen LogP) is 1.34. The molecule has 0 aromatic rings. The Labute approximate surface area is 120 Å². The van der Waals surface area contributed by atoms with Gasteiger partial charge < -0.3 is 14.5 Å². The van der Waals surface area contributed by atoms with Crippen LogP contribution in [0.4, 0.5) is 4.79 Å². The molecule has 20 heavy (non-hydrogen) atoms. The molecule has 2 aliphatic heterocycles. The van der Waals surface area contributed by atoms with E-state index < -0.39 is 5.60 Å². The lowest BCUT2D eigenvalue weighted by Gasteiger charge is -2.25. The molecule has 0 saturated carbocycles. The Morgan fingerprint density at radius 2 is 1.55 bits per heavy atom. The van der Waals surface area contributed by atoms with E-state index in [0.29, 0.717) is 38.0 Å². The molecule has 0 bridgehead atoms. The van der Waals surface area contributed by atoms with Crippen LogP contribution in [-0.4, -0.2) is 53.6 Å². The minimum absolute atomic E-state index is 0.106. The summed E-state index contributed by atoms with van der Waals surface area (Å²) in [5.74, 6) is 5.81. The van der Waals surface area contributed by atoms with Crippen molar-refractivity contribution < 1.29 is 14.3 Å². The van der Waals surface area contributed by atoms with E-state index in [-0.39, 0.29) is 12.0 Å². The molecule has 2 amide bonds. The number of rotatable bonds is 0. The fourth-order valence-corrected chi connectivity index (χ4v) is 2.82. The monoisotopic (exact) mass is 278 g/mol. The molecule has 2 heterocycles. The van der Waals surface area contributed by atoms with Gasteiger partial charge >= 0.3 is 6.09 Å². The van der Waals surface area contributed by atoms with Crippen LogP contribution in [-0.2, 0) is 9.53 Å². The van der Waals surface area contributed by atoms with Crippen molar-refractivity contribution in [1.82, 2.24) is 9.80 Å². The highest BCUT2D eigenvalue weighted by Crippen LogP contribution is 2.31. The van der Waals surface area contributed by atoms with Gasteiger partial charge in [-0.3, -0.25) is 4.79 Å². The molecule has 2 saturated heterocycles. The van der Waals surface area contributed by atoms with Crippen LogP contribution in [0.15, 0.2) is 0 Å². The zero-order valence-electron chi connectivity index (χ0n) is 12.6. The van der Waals surface area contributed by atoms with Gasteiger partial charge in [0.1, 0.15) is 5.60 Å². The predicted molar refractivity (Wildman–Crippen MR) is 74.8 cm³/mol. The summed E-state index contributed by atoms with van der Waals surface area (Å²) in [7, 11) is 0. The number of carbonyl (C=O) groups excluding carboxylic acids is 2. The molecule has 2 fully saturated rings. The molecular formula is C15H22N2O3. The van der Waals surface area contributed by atoms with Crippen molar-refractivity contribution in [3.8, 4) is 11.8 Å². The molecule has 0 radical (unpaired) electrons. The summed E-state index contributed by atoms with van der Waals surface area (Å²) in [6.45, 7) is 9.99. The van der Waals surface area contributed by atoms with Crippen molar-refractivity contribution in [2.75, 3.05) is 26.2 Å². The second-order valence-corrected chi connectivity index (χ2v) is 6.49. The normalized spacial score (nSPS) is 25.0. The number of hydrogen-bond donors (Lipinski definition) is 0. The number of likely N-dealkylation sites (tertiary alicyclic amines) is 2. The van der Waals surface area contributed by atoms with E-state index in [1.807, 2.05) is 20.8 Å². The maximum absolute atomic E-state index is 12.0. The lowest BCUT2D eigenvalue weighted by atomic mass is 10.0. The first-order valence-electron chi connectivity index (χ1n) is 6.99. The Morgan fingerprint density at radius 3 is 2.00 bits per heavy atom. The number of amides is 2.